The Kier molecular flexibility index (Phi) is 8.96. The molecule has 0 bridgehead atoms. The minimum atomic E-state index is -0.540. The number of halogens is 1. The summed E-state index contributed by atoms with van der Waals surface area (Å²) in [6.07, 6.45) is 5.67. The van der Waals surface area contributed by atoms with Crippen LogP contribution in [-0.2, 0) is 24.4 Å². The molecule has 2 amide bonds. The molecule has 0 spiro atoms. The topological polar surface area (TPSA) is 111 Å². The zero-order valence-corrected chi connectivity index (χ0v) is 25.4. The van der Waals surface area contributed by atoms with Crippen LogP contribution in [0.25, 0.3) is 22.4 Å². The predicted octanol–water partition coefficient (Wildman–Crippen LogP) is 5.20. The molecule has 0 saturated carbocycles. The molecule has 3 aromatic heterocycles. The summed E-state index contributed by atoms with van der Waals surface area (Å²) < 4.78 is 9.22. The van der Waals surface area contributed by atoms with E-state index in [4.69, 9.17) is 16.3 Å². The number of aryl methyl sites for hydroxylation is 2. The minimum absolute atomic E-state index is 0.254. The Balaban J connectivity index is 1.53. The normalized spacial score (nSPS) is 11.6. The molecular formula is C29H37ClN8O3. The quantitative estimate of drug-likeness (QED) is 0.267. The Labute approximate surface area is 245 Å². The fraction of sp³-hybridized carbons (Fsp3) is 0.448. The van der Waals surface area contributed by atoms with Gasteiger partial charge >= 0.3 is 6.09 Å². The predicted molar refractivity (Wildman–Crippen MR) is 158 cm³/mol. The van der Waals surface area contributed by atoms with Crippen molar-refractivity contribution in [3.05, 3.63) is 58.9 Å². The molecule has 0 radical (unpaired) electrons. The summed E-state index contributed by atoms with van der Waals surface area (Å²) in [6, 6.07) is 5.22. The maximum absolute atomic E-state index is 13.7. The van der Waals surface area contributed by atoms with Crippen LogP contribution in [0, 0.1) is 6.92 Å². The molecule has 12 heteroatoms. The molecule has 0 unspecified atom stereocenters. The van der Waals surface area contributed by atoms with Gasteiger partial charge in [0.1, 0.15) is 17.0 Å². The van der Waals surface area contributed by atoms with Crippen LogP contribution in [0.4, 0.5) is 4.79 Å². The summed E-state index contributed by atoms with van der Waals surface area (Å²) in [5.74, 6) is 0.0883. The largest absolute Gasteiger partial charge is 0.444 e. The highest BCUT2D eigenvalue weighted by Gasteiger charge is 2.22. The molecule has 3 heterocycles. The van der Waals surface area contributed by atoms with Crippen molar-refractivity contribution in [1.82, 2.24) is 39.1 Å². The molecule has 1 aromatic carbocycles. The molecule has 0 aliphatic heterocycles. The van der Waals surface area contributed by atoms with E-state index >= 15 is 0 Å². The van der Waals surface area contributed by atoms with E-state index in [2.05, 4.69) is 20.1 Å². The van der Waals surface area contributed by atoms with Crippen LogP contribution in [0.1, 0.15) is 55.9 Å². The lowest BCUT2D eigenvalue weighted by Gasteiger charge is -2.24. The van der Waals surface area contributed by atoms with E-state index in [1.54, 1.807) is 54.6 Å². The van der Waals surface area contributed by atoms with E-state index in [0.717, 1.165) is 17.8 Å². The summed E-state index contributed by atoms with van der Waals surface area (Å²) in [6.45, 7) is 11.8. The van der Waals surface area contributed by atoms with Gasteiger partial charge in [0.25, 0.3) is 5.91 Å². The van der Waals surface area contributed by atoms with E-state index in [0.29, 0.717) is 53.5 Å². The molecule has 4 aromatic rings. The van der Waals surface area contributed by atoms with E-state index < -0.39 is 5.60 Å². The average molecular weight is 581 g/mol. The number of hydrogen-bond acceptors (Lipinski definition) is 7. The summed E-state index contributed by atoms with van der Waals surface area (Å²) in [4.78, 5) is 42.9. The standard InChI is InChI=1S/C29H37ClN8O3/c1-8-38-19(2)20(15-32-38)16-36(7)27(39)25-22-14-21(30)10-11-23(22)33-26(34-25)24-17-37(18-31-24)13-9-12-35(6)28(40)41-29(3,4)5/h10-11,14-15,17-18H,8-9,12-13,16H2,1-7H3. The second kappa shape index (κ2) is 12.3. The maximum Gasteiger partial charge on any atom is 0.410 e. The summed E-state index contributed by atoms with van der Waals surface area (Å²) in [5.41, 5.74) is 2.84. The number of benzene rings is 1. The van der Waals surface area contributed by atoms with Crippen molar-refractivity contribution < 1.29 is 14.3 Å². The first-order valence-electron chi connectivity index (χ1n) is 13.6. The number of imidazole rings is 1. The molecule has 218 valence electrons. The summed E-state index contributed by atoms with van der Waals surface area (Å²) in [5, 5.41) is 5.45. The molecule has 41 heavy (non-hydrogen) atoms. The van der Waals surface area contributed by atoms with E-state index in [1.807, 2.05) is 50.1 Å². The third-order valence-corrected chi connectivity index (χ3v) is 6.83. The summed E-state index contributed by atoms with van der Waals surface area (Å²) in [7, 11) is 3.46. The lowest BCUT2D eigenvalue weighted by molar-refractivity contribution is 0.0295. The van der Waals surface area contributed by atoms with Crippen molar-refractivity contribution in [1.29, 1.82) is 0 Å². The maximum atomic E-state index is 13.7. The SMILES string of the molecule is CCn1ncc(CN(C)C(=O)c2nc(-c3cn(CCCN(C)C(=O)OC(C)(C)C)cn3)nc3ccc(Cl)cc23)c1C. The van der Waals surface area contributed by atoms with Crippen molar-refractivity contribution in [3.8, 4) is 11.5 Å². The molecule has 0 fully saturated rings. The third-order valence-electron chi connectivity index (χ3n) is 6.60. The Morgan fingerprint density at radius 1 is 1.12 bits per heavy atom. The van der Waals surface area contributed by atoms with Gasteiger partial charge in [-0.3, -0.25) is 9.48 Å². The molecule has 0 atom stereocenters. The zero-order chi connectivity index (χ0) is 29.9. The summed E-state index contributed by atoms with van der Waals surface area (Å²) >= 11 is 6.29. The van der Waals surface area contributed by atoms with Crippen molar-refractivity contribution in [3.63, 3.8) is 0 Å². The third kappa shape index (κ3) is 7.21. The zero-order valence-electron chi connectivity index (χ0n) is 24.7. The van der Waals surface area contributed by atoms with Gasteiger partial charge in [-0.25, -0.2) is 19.7 Å². The van der Waals surface area contributed by atoms with Gasteiger partial charge < -0.3 is 19.1 Å². The number of carbonyl (C=O) groups excluding carboxylic acids is 2. The molecule has 11 nitrogen and oxygen atoms in total. The first kappa shape index (κ1) is 30.0. The number of ether oxygens (including phenoxy) is 1. The second-order valence-electron chi connectivity index (χ2n) is 11.0. The molecule has 4 rings (SSSR count). The Hall–Kier alpha value is -3.99. The Morgan fingerprint density at radius 2 is 1.88 bits per heavy atom. The monoisotopic (exact) mass is 580 g/mol. The van der Waals surface area contributed by atoms with Gasteiger partial charge in [-0.1, -0.05) is 11.6 Å². The fourth-order valence-electron chi connectivity index (χ4n) is 4.37. The van der Waals surface area contributed by atoms with Crippen molar-refractivity contribution in [2.45, 2.75) is 66.3 Å². The van der Waals surface area contributed by atoms with Crippen molar-refractivity contribution in [2.75, 3.05) is 20.6 Å². The van der Waals surface area contributed by atoms with Gasteiger partial charge in [0, 0.05) is 68.1 Å². The Bertz CT molecular complexity index is 1560. The van der Waals surface area contributed by atoms with Crippen molar-refractivity contribution in [2.24, 2.45) is 0 Å². The number of carbonyl (C=O) groups is 2. The van der Waals surface area contributed by atoms with Gasteiger partial charge in [-0.15, -0.1) is 0 Å². The number of nitrogens with zero attached hydrogens (tertiary/aromatic N) is 8. The second-order valence-corrected chi connectivity index (χ2v) is 11.5. The molecule has 0 saturated heterocycles. The van der Waals surface area contributed by atoms with E-state index in [1.165, 1.54) is 0 Å². The van der Waals surface area contributed by atoms with Gasteiger partial charge in [-0.2, -0.15) is 5.10 Å². The van der Waals surface area contributed by atoms with Gasteiger partial charge in [0.05, 0.1) is 18.0 Å². The van der Waals surface area contributed by atoms with Gasteiger partial charge in [0.15, 0.2) is 5.82 Å². The lowest BCUT2D eigenvalue weighted by Crippen LogP contribution is -2.35. The van der Waals surface area contributed by atoms with Crippen LogP contribution in [0.2, 0.25) is 5.02 Å². The van der Waals surface area contributed by atoms with Gasteiger partial charge in [0.2, 0.25) is 0 Å². The Morgan fingerprint density at radius 3 is 2.56 bits per heavy atom. The number of fused-ring (bicyclic) bond motifs is 1. The number of rotatable bonds is 9. The molecule has 0 N–H and O–H groups in total. The van der Waals surface area contributed by atoms with Crippen LogP contribution < -0.4 is 0 Å². The van der Waals surface area contributed by atoms with Crippen LogP contribution in [0.3, 0.4) is 0 Å². The van der Waals surface area contributed by atoms with Crippen LogP contribution in [0.5, 0.6) is 0 Å². The van der Waals surface area contributed by atoms with E-state index in [-0.39, 0.29) is 17.7 Å². The van der Waals surface area contributed by atoms with Crippen molar-refractivity contribution >= 4 is 34.5 Å². The first-order chi connectivity index (χ1) is 19.4. The first-order valence-corrected chi connectivity index (χ1v) is 13.9. The highest BCUT2D eigenvalue weighted by atomic mass is 35.5. The average Bonchev–Trinajstić information content (AvgIpc) is 3.53. The van der Waals surface area contributed by atoms with E-state index in [9.17, 15) is 9.59 Å². The van der Waals surface area contributed by atoms with Crippen LogP contribution >= 0.6 is 11.6 Å². The molecular weight excluding hydrogens is 544 g/mol. The van der Waals surface area contributed by atoms with Gasteiger partial charge in [-0.05, 0) is 59.2 Å². The van der Waals surface area contributed by atoms with Crippen LogP contribution in [-0.4, -0.2) is 77.3 Å². The fourth-order valence-corrected chi connectivity index (χ4v) is 4.54. The number of aromatic nitrogens is 6. The van der Waals surface area contributed by atoms with Crippen LogP contribution in [0.15, 0.2) is 36.9 Å². The number of amides is 2. The smallest absolute Gasteiger partial charge is 0.410 e. The minimum Gasteiger partial charge on any atom is -0.444 e. The molecule has 0 aliphatic rings. The highest BCUT2D eigenvalue weighted by molar-refractivity contribution is 6.31. The highest BCUT2D eigenvalue weighted by Crippen LogP contribution is 2.25. The lowest BCUT2D eigenvalue weighted by atomic mass is 10.1. The molecule has 0 aliphatic carbocycles. The number of hydrogen-bond donors (Lipinski definition) is 0.